The summed E-state index contributed by atoms with van der Waals surface area (Å²) < 4.78 is 2.14. The molecule has 6 nitrogen and oxygen atoms in total. The van der Waals surface area contributed by atoms with Crippen molar-refractivity contribution >= 4 is 22.5 Å². The van der Waals surface area contributed by atoms with Crippen LogP contribution in [0.5, 0.6) is 0 Å². The molecule has 0 atom stereocenters. The monoisotopic (exact) mass is 302 g/mol. The van der Waals surface area contributed by atoms with E-state index in [-0.39, 0.29) is 0 Å². The number of benzene rings is 2. The highest BCUT2D eigenvalue weighted by Crippen LogP contribution is 2.39. The first-order valence-electron chi connectivity index (χ1n) is 7.24. The van der Waals surface area contributed by atoms with Crippen molar-refractivity contribution in [1.82, 2.24) is 19.7 Å². The van der Waals surface area contributed by atoms with Gasteiger partial charge in [0.25, 0.3) is 5.95 Å². The summed E-state index contributed by atoms with van der Waals surface area (Å²) in [6, 6.07) is 18.3. The number of aromatic amines is 1. The smallest absolute Gasteiger partial charge is 0.264 e. The molecular weight excluding hydrogens is 288 g/mol. The number of para-hydroxylation sites is 1. The Hall–Kier alpha value is -3.28. The fourth-order valence-electron chi connectivity index (χ4n) is 2.75. The molecule has 4 rings (SSSR count). The van der Waals surface area contributed by atoms with Gasteiger partial charge in [-0.2, -0.15) is 10.1 Å². The number of aryl methyl sites for hydroxylation is 1. The first kappa shape index (κ1) is 13.4. The minimum absolute atomic E-state index is 0.386. The van der Waals surface area contributed by atoms with E-state index >= 15 is 0 Å². The molecule has 23 heavy (non-hydrogen) atoms. The van der Waals surface area contributed by atoms with Crippen molar-refractivity contribution < 1.29 is 0 Å². The van der Waals surface area contributed by atoms with Crippen LogP contribution in [0.25, 0.3) is 22.2 Å². The lowest BCUT2D eigenvalue weighted by Crippen LogP contribution is -1.90. The van der Waals surface area contributed by atoms with Crippen molar-refractivity contribution in [2.24, 2.45) is 17.3 Å². The van der Waals surface area contributed by atoms with Gasteiger partial charge in [-0.1, -0.05) is 48.5 Å². The average molecular weight is 302 g/mol. The van der Waals surface area contributed by atoms with Gasteiger partial charge >= 0.3 is 0 Å². The Morgan fingerprint density at radius 1 is 0.957 bits per heavy atom. The SMILES string of the molecule is Cn1c(-c2ccccc2)c(N=Nc2ncn[nH]2)c2ccccc21. The minimum Gasteiger partial charge on any atom is -0.342 e. The summed E-state index contributed by atoms with van der Waals surface area (Å²) in [5, 5.41) is 16.1. The zero-order valence-corrected chi connectivity index (χ0v) is 12.5. The third-order valence-corrected chi connectivity index (χ3v) is 3.77. The molecule has 112 valence electrons. The van der Waals surface area contributed by atoms with Crippen LogP contribution in [0.3, 0.4) is 0 Å². The van der Waals surface area contributed by atoms with E-state index in [0.29, 0.717) is 5.95 Å². The molecule has 0 saturated carbocycles. The number of H-pyrrole nitrogens is 1. The Labute approximate surface area is 132 Å². The Bertz CT molecular complexity index is 967. The van der Waals surface area contributed by atoms with Crippen LogP contribution in [0, 0.1) is 0 Å². The largest absolute Gasteiger partial charge is 0.342 e. The molecule has 0 unspecified atom stereocenters. The van der Waals surface area contributed by atoms with E-state index in [2.05, 4.69) is 54.2 Å². The lowest BCUT2D eigenvalue weighted by Gasteiger charge is -2.05. The summed E-state index contributed by atoms with van der Waals surface area (Å²) >= 11 is 0. The fraction of sp³-hybridized carbons (Fsp3) is 0.0588. The first-order valence-corrected chi connectivity index (χ1v) is 7.24. The van der Waals surface area contributed by atoms with E-state index in [1.807, 2.05) is 37.4 Å². The number of aromatic nitrogens is 4. The summed E-state index contributed by atoms with van der Waals surface area (Å²) in [5.41, 5.74) is 4.05. The van der Waals surface area contributed by atoms with Crippen LogP contribution < -0.4 is 0 Å². The molecular formula is C17H14N6. The van der Waals surface area contributed by atoms with Crippen molar-refractivity contribution in [1.29, 1.82) is 0 Å². The van der Waals surface area contributed by atoms with Crippen LogP contribution >= 0.6 is 0 Å². The van der Waals surface area contributed by atoms with Crippen molar-refractivity contribution in [2.75, 3.05) is 0 Å². The van der Waals surface area contributed by atoms with Crippen LogP contribution in [-0.4, -0.2) is 19.7 Å². The van der Waals surface area contributed by atoms with Gasteiger partial charge in [0.1, 0.15) is 12.0 Å². The lowest BCUT2D eigenvalue weighted by molar-refractivity contribution is 0.974. The van der Waals surface area contributed by atoms with Crippen molar-refractivity contribution in [3.8, 4) is 11.3 Å². The van der Waals surface area contributed by atoms with E-state index < -0.39 is 0 Å². The summed E-state index contributed by atoms with van der Waals surface area (Å²) in [5.74, 6) is 0.386. The highest BCUT2D eigenvalue weighted by atomic mass is 15.3. The molecule has 0 aliphatic rings. The number of nitrogens with one attached hydrogen (secondary N) is 1. The molecule has 0 bridgehead atoms. The van der Waals surface area contributed by atoms with Crippen molar-refractivity contribution in [3.63, 3.8) is 0 Å². The number of rotatable bonds is 3. The van der Waals surface area contributed by atoms with Crippen molar-refractivity contribution in [3.05, 3.63) is 60.9 Å². The normalized spacial score (nSPS) is 11.5. The molecule has 2 heterocycles. The number of hydrogen-bond donors (Lipinski definition) is 1. The number of nitrogens with zero attached hydrogens (tertiary/aromatic N) is 5. The summed E-state index contributed by atoms with van der Waals surface area (Å²) in [6.45, 7) is 0. The molecule has 2 aromatic carbocycles. The van der Waals surface area contributed by atoms with E-state index in [0.717, 1.165) is 27.8 Å². The first-order chi connectivity index (χ1) is 11.3. The number of hydrogen-bond acceptors (Lipinski definition) is 4. The van der Waals surface area contributed by atoms with Gasteiger partial charge in [-0.25, -0.2) is 5.10 Å². The number of azo groups is 1. The molecule has 1 N–H and O–H groups in total. The van der Waals surface area contributed by atoms with Crippen molar-refractivity contribution in [2.45, 2.75) is 0 Å². The molecule has 2 aromatic heterocycles. The van der Waals surface area contributed by atoms with Gasteiger partial charge in [-0.05, 0) is 6.07 Å². The topological polar surface area (TPSA) is 71.2 Å². The second kappa shape index (κ2) is 5.49. The standard InChI is InChI=1S/C17H14N6/c1-23-14-10-6-5-9-13(14)15(20-22-17-18-11-19-21-17)16(23)12-7-3-2-4-8-12/h2-11H,1H3,(H,18,19,21). The van der Waals surface area contributed by atoms with Crippen LogP contribution in [0.2, 0.25) is 0 Å². The maximum Gasteiger partial charge on any atom is 0.264 e. The molecule has 4 aromatic rings. The van der Waals surface area contributed by atoms with Crippen LogP contribution in [0.15, 0.2) is 71.2 Å². The van der Waals surface area contributed by atoms with Gasteiger partial charge in [0, 0.05) is 18.0 Å². The van der Waals surface area contributed by atoms with E-state index in [4.69, 9.17) is 0 Å². The predicted molar refractivity (Wildman–Crippen MR) is 88.9 cm³/mol. The van der Waals surface area contributed by atoms with E-state index in [1.165, 1.54) is 6.33 Å². The van der Waals surface area contributed by atoms with Gasteiger partial charge in [-0.3, -0.25) is 0 Å². The maximum atomic E-state index is 4.44. The minimum atomic E-state index is 0.386. The summed E-state index contributed by atoms with van der Waals surface area (Å²) in [4.78, 5) is 3.99. The highest BCUT2D eigenvalue weighted by Gasteiger charge is 2.16. The lowest BCUT2D eigenvalue weighted by atomic mass is 10.1. The van der Waals surface area contributed by atoms with Gasteiger partial charge in [0.2, 0.25) is 0 Å². The molecule has 0 aliphatic heterocycles. The third kappa shape index (κ3) is 2.30. The average Bonchev–Trinajstić information content (AvgIpc) is 3.21. The second-order valence-electron chi connectivity index (χ2n) is 5.15. The highest BCUT2D eigenvalue weighted by molar-refractivity contribution is 6.00. The molecule has 0 aliphatic carbocycles. The molecule has 0 fully saturated rings. The van der Waals surface area contributed by atoms with E-state index in [9.17, 15) is 0 Å². The van der Waals surface area contributed by atoms with Crippen LogP contribution in [-0.2, 0) is 7.05 Å². The molecule has 6 heteroatoms. The quantitative estimate of drug-likeness (QED) is 0.570. The zero-order valence-electron chi connectivity index (χ0n) is 12.5. The molecule has 0 saturated heterocycles. The predicted octanol–water partition coefficient (Wildman–Crippen LogP) is 4.38. The Kier molecular flexibility index (Phi) is 3.20. The van der Waals surface area contributed by atoms with Crippen LogP contribution in [0.1, 0.15) is 0 Å². The third-order valence-electron chi connectivity index (χ3n) is 3.77. The fourth-order valence-corrected chi connectivity index (χ4v) is 2.75. The summed E-state index contributed by atoms with van der Waals surface area (Å²) in [7, 11) is 2.04. The number of fused-ring (bicyclic) bond motifs is 1. The van der Waals surface area contributed by atoms with E-state index in [1.54, 1.807) is 0 Å². The van der Waals surface area contributed by atoms with Gasteiger partial charge in [0.15, 0.2) is 0 Å². The molecule has 0 spiro atoms. The maximum absolute atomic E-state index is 4.44. The molecule has 0 amide bonds. The second-order valence-corrected chi connectivity index (χ2v) is 5.15. The van der Waals surface area contributed by atoms with Gasteiger partial charge < -0.3 is 4.57 Å². The zero-order chi connectivity index (χ0) is 15.6. The Balaban J connectivity index is 1.97. The molecule has 0 radical (unpaired) electrons. The Morgan fingerprint density at radius 3 is 2.52 bits per heavy atom. The van der Waals surface area contributed by atoms with Gasteiger partial charge in [0.05, 0.1) is 11.2 Å². The van der Waals surface area contributed by atoms with Crippen LogP contribution in [0.4, 0.5) is 11.6 Å². The van der Waals surface area contributed by atoms with Gasteiger partial charge in [-0.15, -0.1) is 10.2 Å². The Morgan fingerprint density at radius 2 is 1.74 bits per heavy atom. The summed E-state index contributed by atoms with van der Waals surface area (Å²) in [6.07, 6.45) is 1.41.